The van der Waals surface area contributed by atoms with E-state index in [2.05, 4.69) is 29.2 Å². The Morgan fingerprint density at radius 1 is 1.13 bits per heavy atom. The van der Waals surface area contributed by atoms with Crippen LogP contribution in [0.3, 0.4) is 0 Å². The zero-order valence-corrected chi connectivity index (χ0v) is 19.0. The van der Waals surface area contributed by atoms with Gasteiger partial charge in [0.15, 0.2) is 0 Å². The summed E-state index contributed by atoms with van der Waals surface area (Å²) in [7, 11) is 1.69. The van der Waals surface area contributed by atoms with Gasteiger partial charge in [-0.25, -0.2) is 0 Å². The third-order valence-corrected chi connectivity index (χ3v) is 6.60. The zero-order valence-electron chi connectivity index (χ0n) is 19.0. The monoisotopic (exact) mass is 422 g/mol. The lowest BCUT2D eigenvalue weighted by molar-refractivity contribution is -0.0893. The number of morpholine rings is 1. The van der Waals surface area contributed by atoms with Crippen molar-refractivity contribution in [3.05, 3.63) is 65.2 Å². The van der Waals surface area contributed by atoms with Crippen molar-refractivity contribution in [2.45, 2.75) is 32.3 Å². The van der Waals surface area contributed by atoms with Gasteiger partial charge in [0.2, 0.25) is 0 Å². The van der Waals surface area contributed by atoms with Crippen molar-refractivity contribution < 1.29 is 14.3 Å². The van der Waals surface area contributed by atoms with E-state index in [4.69, 9.17) is 9.47 Å². The SMILES string of the molecule is CCN(CC)C(=O)c1ccc(C2(c3cccc(OC)c3)CN(CC3CC3)CCO2)cc1. The van der Waals surface area contributed by atoms with Gasteiger partial charge in [0, 0.05) is 38.3 Å². The van der Waals surface area contributed by atoms with Gasteiger partial charge in [-0.3, -0.25) is 9.69 Å². The molecule has 1 amide bonds. The van der Waals surface area contributed by atoms with Crippen molar-refractivity contribution in [3.8, 4) is 5.75 Å². The van der Waals surface area contributed by atoms with E-state index in [-0.39, 0.29) is 5.91 Å². The van der Waals surface area contributed by atoms with Crippen molar-refractivity contribution in [2.24, 2.45) is 5.92 Å². The molecule has 1 aliphatic carbocycles. The number of methoxy groups -OCH3 is 1. The summed E-state index contributed by atoms with van der Waals surface area (Å²) in [6.07, 6.45) is 2.68. The van der Waals surface area contributed by atoms with Crippen molar-refractivity contribution in [2.75, 3.05) is 46.4 Å². The molecule has 1 heterocycles. The average molecular weight is 423 g/mol. The fourth-order valence-electron chi connectivity index (χ4n) is 4.58. The van der Waals surface area contributed by atoms with Crippen molar-refractivity contribution in [3.63, 3.8) is 0 Å². The molecule has 0 bridgehead atoms. The number of hydrogen-bond acceptors (Lipinski definition) is 4. The van der Waals surface area contributed by atoms with E-state index in [1.165, 1.54) is 12.8 Å². The third kappa shape index (κ3) is 4.63. The maximum atomic E-state index is 12.8. The molecule has 0 spiro atoms. The molecule has 0 radical (unpaired) electrons. The molecule has 5 heteroatoms. The molecule has 5 nitrogen and oxygen atoms in total. The summed E-state index contributed by atoms with van der Waals surface area (Å²) in [5, 5.41) is 0. The Bertz CT molecular complexity index is 890. The van der Waals surface area contributed by atoms with Gasteiger partial charge in [-0.1, -0.05) is 24.3 Å². The molecule has 1 aliphatic heterocycles. The number of rotatable bonds is 8. The second-order valence-corrected chi connectivity index (χ2v) is 8.64. The minimum atomic E-state index is -0.571. The van der Waals surface area contributed by atoms with Gasteiger partial charge in [-0.2, -0.15) is 0 Å². The maximum Gasteiger partial charge on any atom is 0.253 e. The smallest absolute Gasteiger partial charge is 0.253 e. The minimum Gasteiger partial charge on any atom is -0.497 e. The summed E-state index contributed by atoms with van der Waals surface area (Å²) in [5.41, 5.74) is 2.32. The van der Waals surface area contributed by atoms with Gasteiger partial charge in [0.05, 0.1) is 13.7 Å². The Labute approximate surface area is 185 Å². The number of nitrogens with zero attached hydrogens (tertiary/aromatic N) is 2. The molecular formula is C26H34N2O3. The van der Waals surface area contributed by atoms with Crippen molar-refractivity contribution in [1.82, 2.24) is 9.80 Å². The van der Waals surface area contributed by atoms with E-state index in [1.54, 1.807) is 7.11 Å². The highest BCUT2D eigenvalue weighted by molar-refractivity contribution is 5.94. The van der Waals surface area contributed by atoms with Crippen LogP contribution < -0.4 is 4.74 Å². The van der Waals surface area contributed by atoms with Crippen molar-refractivity contribution >= 4 is 5.91 Å². The number of ether oxygens (including phenoxy) is 2. The normalized spacial score (nSPS) is 21.6. The quantitative estimate of drug-likeness (QED) is 0.641. The number of amides is 1. The first-order valence-electron chi connectivity index (χ1n) is 11.5. The number of benzene rings is 2. The summed E-state index contributed by atoms with van der Waals surface area (Å²) in [6, 6.07) is 16.2. The standard InChI is InChI=1S/C26H34N2O3/c1-4-28(5-2)25(29)21-11-13-22(14-12-21)26(23-7-6-8-24(17-23)30-3)19-27(15-16-31-26)18-20-9-10-20/h6-8,11-14,17,20H,4-5,9-10,15-16,18-19H2,1-3H3. The fraction of sp³-hybridized carbons (Fsp3) is 0.500. The van der Waals surface area contributed by atoms with Gasteiger partial charge in [0.1, 0.15) is 11.4 Å². The largest absolute Gasteiger partial charge is 0.497 e. The Morgan fingerprint density at radius 3 is 2.52 bits per heavy atom. The summed E-state index contributed by atoms with van der Waals surface area (Å²) in [6.45, 7) is 9.03. The lowest BCUT2D eigenvalue weighted by atomic mass is 9.84. The van der Waals surface area contributed by atoms with Crippen LogP contribution in [0.25, 0.3) is 0 Å². The summed E-state index contributed by atoms with van der Waals surface area (Å²) >= 11 is 0. The fourth-order valence-corrected chi connectivity index (χ4v) is 4.58. The zero-order chi connectivity index (χ0) is 21.8. The summed E-state index contributed by atoms with van der Waals surface area (Å²) < 4.78 is 12.1. The highest BCUT2D eigenvalue weighted by atomic mass is 16.5. The van der Waals surface area contributed by atoms with Crippen LogP contribution >= 0.6 is 0 Å². The topological polar surface area (TPSA) is 42.0 Å². The van der Waals surface area contributed by atoms with Crippen LogP contribution in [0.1, 0.15) is 48.2 Å². The first-order valence-corrected chi connectivity index (χ1v) is 11.5. The third-order valence-electron chi connectivity index (χ3n) is 6.60. The van der Waals surface area contributed by atoms with Crippen LogP contribution in [0.2, 0.25) is 0 Å². The number of carbonyl (C=O) groups excluding carboxylic acids is 1. The summed E-state index contributed by atoms with van der Waals surface area (Å²) in [4.78, 5) is 17.2. The van der Waals surface area contributed by atoms with Gasteiger partial charge >= 0.3 is 0 Å². The molecule has 2 aromatic rings. The average Bonchev–Trinajstić information content (AvgIpc) is 3.64. The van der Waals surface area contributed by atoms with E-state index < -0.39 is 5.60 Å². The molecule has 1 atom stereocenters. The molecule has 1 saturated carbocycles. The van der Waals surface area contributed by atoms with E-state index >= 15 is 0 Å². The molecule has 1 saturated heterocycles. The van der Waals surface area contributed by atoms with Gasteiger partial charge < -0.3 is 14.4 Å². The predicted octanol–water partition coefficient (Wildman–Crippen LogP) is 4.16. The van der Waals surface area contributed by atoms with E-state index in [0.717, 1.165) is 48.0 Å². The van der Waals surface area contributed by atoms with Gasteiger partial charge in [-0.15, -0.1) is 0 Å². The molecule has 2 aromatic carbocycles. The van der Waals surface area contributed by atoms with Crippen LogP contribution in [0.4, 0.5) is 0 Å². The lowest BCUT2D eigenvalue weighted by Crippen LogP contribution is -2.51. The van der Waals surface area contributed by atoms with E-state index in [9.17, 15) is 4.79 Å². The first kappa shape index (κ1) is 21.8. The molecule has 4 rings (SSSR count). The minimum absolute atomic E-state index is 0.0758. The van der Waals surface area contributed by atoms with Gasteiger partial charge in [0.25, 0.3) is 5.91 Å². The Hall–Kier alpha value is -2.37. The molecule has 1 unspecified atom stereocenters. The Morgan fingerprint density at radius 2 is 1.87 bits per heavy atom. The highest BCUT2D eigenvalue weighted by Gasteiger charge is 2.41. The number of carbonyl (C=O) groups is 1. The molecule has 31 heavy (non-hydrogen) atoms. The van der Waals surface area contributed by atoms with Crippen LogP contribution in [0.5, 0.6) is 5.75 Å². The predicted molar refractivity (Wildman–Crippen MR) is 123 cm³/mol. The molecule has 0 aromatic heterocycles. The van der Waals surface area contributed by atoms with E-state index in [0.29, 0.717) is 19.7 Å². The van der Waals surface area contributed by atoms with Crippen LogP contribution in [0.15, 0.2) is 48.5 Å². The highest BCUT2D eigenvalue weighted by Crippen LogP contribution is 2.40. The van der Waals surface area contributed by atoms with Gasteiger partial charge in [-0.05, 0) is 68.0 Å². The maximum absolute atomic E-state index is 12.8. The molecular weight excluding hydrogens is 388 g/mol. The molecule has 2 aliphatic rings. The Balaban J connectivity index is 1.69. The second kappa shape index (κ2) is 9.41. The number of hydrogen-bond donors (Lipinski definition) is 0. The van der Waals surface area contributed by atoms with Crippen LogP contribution in [-0.2, 0) is 10.3 Å². The lowest BCUT2D eigenvalue weighted by Gasteiger charge is -2.44. The van der Waals surface area contributed by atoms with Crippen molar-refractivity contribution in [1.29, 1.82) is 0 Å². The van der Waals surface area contributed by atoms with E-state index in [1.807, 2.05) is 43.0 Å². The molecule has 0 N–H and O–H groups in total. The summed E-state index contributed by atoms with van der Waals surface area (Å²) in [5.74, 6) is 1.73. The van der Waals surface area contributed by atoms with Crippen LogP contribution in [-0.4, -0.2) is 62.1 Å². The molecule has 2 fully saturated rings. The molecule has 166 valence electrons. The first-order chi connectivity index (χ1) is 15.1. The van der Waals surface area contributed by atoms with Crippen LogP contribution in [0, 0.1) is 5.92 Å². The second-order valence-electron chi connectivity index (χ2n) is 8.64. The Kier molecular flexibility index (Phi) is 6.63.